The zero-order valence-electron chi connectivity index (χ0n) is 13.1. The normalized spacial score (nSPS) is 21.5. The standard InChI is InChI=1S/C17H22F3N/c1-15(2,3)12-7-11-9-21(4)10-16(5-6-16)14(11)13(8-12)17(18,19)20/h7-8H,5-6,9-10H2,1-4H3. The number of alkyl halides is 3. The summed E-state index contributed by atoms with van der Waals surface area (Å²) in [4.78, 5) is 2.15. The maximum atomic E-state index is 13.6. The van der Waals surface area contributed by atoms with Gasteiger partial charge in [0.15, 0.2) is 0 Å². The second kappa shape index (κ2) is 4.25. The molecule has 1 heterocycles. The largest absolute Gasteiger partial charge is 0.416 e. The van der Waals surface area contributed by atoms with Crippen LogP contribution in [0.5, 0.6) is 0 Å². The van der Waals surface area contributed by atoms with Crippen LogP contribution in [0.3, 0.4) is 0 Å². The van der Waals surface area contributed by atoms with E-state index < -0.39 is 11.7 Å². The molecule has 1 fully saturated rings. The first-order valence-electron chi connectivity index (χ1n) is 7.47. The SMILES string of the molecule is CN1Cc2cc(C(C)(C)C)cc(C(F)(F)F)c2C2(CC2)C1. The van der Waals surface area contributed by atoms with Crippen LogP contribution < -0.4 is 0 Å². The number of fused-ring (bicyclic) bond motifs is 2. The first-order chi connectivity index (χ1) is 9.53. The Bertz CT molecular complexity index is 577. The Hall–Kier alpha value is -1.03. The van der Waals surface area contributed by atoms with Gasteiger partial charge in [-0.2, -0.15) is 13.2 Å². The van der Waals surface area contributed by atoms with E-state index in [0.717, 1.165) is 30.5 Å². The smallest absolute Gasteiger partial charge is 0.301 e. The van der Waals surface area contributed by atoms with Gasteiger partial charge in [0, 0.05) is 18.5 Å². The molecule has 0 atom stereocenters. The molecule has 0 aromatic heterocycles. The van der Waals surface area contributed by atoms with E-state index in [0.29, 0.717) is 12.1 Å². The molecule has 3 rings (SSSR count). The van der Waals surface area contributed by atoms with Crippen LogP contribution >= 0.6 is 0 Å². The topological polar surface area (TPSA) is 3.24 Å². The molecule has 1 nitrogen and oxygen atoms in total. The van der Waals surface area contributed by atoms with Crippen LogP contribution in [0.15, 0.2) is 12.1 Å². The second-order valence-corrected chi connectivity index (χ2v) is 7.76. The highest BCUT2D eigenvalue weighted by Gasteiger charge is 2.53. The average Bonchev–Trinajstić information content (AvgIpc) is 3.04. The van der Waals surface area contributed by atoms with Crippen molar-refractivity contribution < 1.29 is 13.2 Å². The summed E-state index contributed by atoms with van der Waals surface area (Å²) in [6.07, 6.45) is -2.51. The minimum atomic E-state index is -4.27. The van der Waals surface area contributed by atoms with Crippen molar-refractivity contribution in [3.8, 4) is 0 Å². The predicted molar refractivity (Wildman–Crippen MR) is 77.4 cm³/mol. The van der Waals surface area contributed by atoms with Crippen molar-refractivity contribution in [1.82, 2.24) is 4.90 Å². The molecule has 0 radical (unpaired) electrons. The molecule has 1 aromatic carbocycles. The molecule has 21 heavy (non-hydrogen) atoms. The monoisotopic (exact) mass is 297 g/mol. The zero-order valence-corrected chi connectivity index (χ0v) is 13.1. The van der Waals surface area contributed by atoms with E-state index in [9.17, 15) is 13.2 Å². The van der Waals surface area contributed by atoms with Crippen LogP contribution in [-0.4, -0.2) is 18.5 Å². The molecule has 0 bridgehead atoms. The minimum Gasteiger partial charge on any atom is -0.301 e. The third-order valence-corrected chi connectivity index (χ3v) is 4.79. The van der Waals surface area contributed by atoms with Gasteiger partial charge in [-0.3, -0.25) is 0 Å². The highest BCUT2D eigenvalue weighted by atomic mass is 19.4. The fraction of sp³-hybridized carbons (Fsp3) is 0.647. The highest BCUT2D eigenvalue weighted by Crippen LogP contribution is 2.56. The van der Waals surface area contributed by atoms with Gasteiger partial charge in [0.05, 0.1) is 5.56 Å². The van der Waals surface area contributed by atoms with Crippen molar-refractivity contribution in [3.05, 3.63) is 34.4 Å². The van der Waals surface area contributed by atoms with Crippen LogP contribution in [0.1, 0.15) is 55.9 Å². The molecule has 116 valence electrons. The zero-order chi connectivity index (χ0) is 15.6. The summed E-state index contributed by atoms with van der Waals surface area (Å²) < 4.78 is 40.8. The Kier molecular flexibility index (Phi) is 3.01. The number of nitrogens with zero attached hydrogens (tertiary/aromatic N) is 1. The third kappa shape index (κ3) is 2.48. The van der Waals surface area contributed by atoms with E-state index >= 15 is 0 Å². The Morgan fingerprint density at radius 3 is 2.19 bits per heavy atom. The number of likely N-dealkylation sites (N-methyl/N-ethyl adjacent to an activating group) is 1. The van der Waals surface area contributed by atoms with Crippen LogP contribution in [0.4, 0.5) is 13.2 Å². The van der Waals surface area contributed by atoms with Crippen molar-refractivity contribution in [3.63, 3.8) is 0 Å². The molecule has 0 amide bonds. The molecule has 1 spiro atoms. The van der Waals surface area contributed by atoms with Crippen molar-refractivity contribution in [2.75, 3.05) is 13.6 Å². The van der Waals surface area contributed by atoms with Gasteiger partial charge in [0.25, 0.3) is 0 Å². The Balaban J connectivity index is 2.25. The van der Waals surface area contributed by atoms with Crippen LogP contribution in [-0.2, 0) is 23.6 Å². The molecular formula is C17H22F3N. The lowest BCUT2D eigenvalue weighted by molar-refractivity contribution is -0.138. The van der Waals surface area contributed by atoms with Gasteiger partial charge in [0.1, 0.15) is 0 Å². The van der Waals surface area contributed by atoms with E-state index in [4.69, 9.17) is 0 Å². The van der Waals surface area contributed by atoms with Crippen molar-refractivity contribution in [2.24, 2.45) is 0 Å². The van der Waals surface area contributed by atoms with Gasteiger partial charge in [-0.1, -0.05) is 26.8 Å². The molecule has 1 aliphatic carbocycles. The van der Waals surface area contributed by atoms with E-state index in [1.807, 2.05) is 33.9 Å². The van der Waals surface area contributed by atoms with Crippen molar-refractivity contribution in [1.29, 1.82) is 0 Å². The summed E-state index contributed by atoms with van der Waals surface area (Å²) in [5.41, 5.74) is 1.32. The molecular weight excluding hydrogens is 275 g/mol. The quantitative estimate of drug-likeness (QED) is 0.682. The molecule has 1 aliphatic heterocycles. The molecule has 0 unspecified atom stereocenters. The lowest BCUT2D eigenvalue weighted by Gasteiger charge is -2.36. The first kappa shape index (κ1) is 14.9. The van der Waals surface area contributed by atoms with Gasteiger partial charge in [-0.15, -0.1) is 0 Å². The van der Waals surface area contributed by atoms with Gasteiger partial charge in [0.2, 0.25) is 0 Å². The minimum absolute atomic E-state index is 0.246. The van der Waals surface area contributed by atoms with E-state index in [1.54, 1.807) is 0 Å². The second-order valence-electron chi connectivity index (χ2n) is 7.76. The van der Waals surface area contributed by atoms with Crippen LogP contribution in [0.25, 0.3) is 0 Å². The van der Waals surface area contributed by atoms with Gasteiger partial charge in [-0.05, 0) is 48.1 Å². The molecule has 0 N–H and O–H groups in total. The number of benzene rings is 1. The Morgan fingerprint density at radius 1 is 1.10 bits per heavy atom. The van der Waals surface area contributed by atoms with Crippen molar-refractivity contribution in [2.45, 2.75) is 57.2 Å². The summed E-state index contributed by atoms with van der Waals surface area (Å²) in [5.74, 6) is 0. The number of hydrogen-bond acceptors (Lipinski definition) is 1. The highest BCUT2D eigenvalue weighted by molar-refractivity contribution is 5.51. The summed E-state index contributed by atoms with van der Waals surface area (Å²) in [6.45, 7) is 7.26. The third-order valence-electron chi connectivity index (χ3n) is 4.79. The van der Waals surface area contributed by atoms with E-state index in [1.165, 1.54) is 6.07 Å². The number of rotatable bonds is 0. The maximum Gasteiger partial charge on any atom is 0.416 e. The summed E-state index contributed by atoms with van der Waals surface area (Å²) in [6, 6.07) is 3.39. The molecule has 1 saturated carbocycles. The van der Waals surface area contributed by atoms with E-state index in [-0.39, 0.29) is 10.8 Å². The lowest BCUT2D eigenvalue weighted by atomic mass is 9.77. The number of halogens is 3. The fourth-order valence-corrected chi connectivity index (χ4v) is 3.61. The fourth-order valence-electron chi connectivity index (χ4n) is 3.61. The van der Waals surface area contributed by atoms with Crippen molar-refractivity contribution >= 4 is 0 Å². The van der Waals surface area contributed by atoms with Crippen LogP contribution in [0.2, 0.25) is 0 Å². The summed E-state index contributed by atoms with van der Waals surface area (Å²) in [7, 11) is 2.00. The first-order valence-corrected chi connectivity index (χ1v) is 7.47. The van der Waals surface area contributed by atoms with Gasteiger partial charge in [-0.25, -0.2) is 0 Å². The predicted octanol–water partition coefficient (Wildman–Crippen LogP) is 4.48. The maximum absolute atomic E-state index is 13.6. The Morgan fingerprint density at radius 2 is 1.71 bits per heavy atom. The number of hydrogen-bond donors (Lipinski definition) is 0. The molecule has 0 saturated heterocycles. The Labute approximate surface area is 124 Å². The lowest BCUT2D eigenvalue weighted by Crippen LogP contribution is -2.37. The van der Waals surface area contributed by atoms with E-state index in [2.05, 4.69) is 4.90 Å². The summed E-state index contributed by atoms with van der Waals surface area (Å²) >= 11 is 0. The molecule has 1 aromatic rings. The van der Waals surface area contributed by atoms with Crippen LogP contribution in [0, 0.1) is 0 Å². The molecule has 4 heteroatoms. The average molecular weight is 297 g/mol. The van der Waals surface area contributed by atoms with Gasteiger partial charge >= 0.3 is 6.18 Å². The van der Waals surface area contributed by atoms with Gasteiger partial charge < -0.3 is 4.90 Å². The summed E-state index contributed by atoms with van der Waals surface area (Å²) in [5, 5.41) is 0. The molecule has 2 aliphatic rings.